The highest BCUT2D eigenvalue weighted by molar-refractivity contribution is 7.86. The average Bonchev–Trinajstić information content (AvgIpc) is 2.38. The summed E-state index contributed by atoms with van der Waals surface area (Å²) in [5, 5.41) is 10.8. The van der Waals surface area contributed by atoms with E-state index in [1.165, 1.54) is 24.3 Å². The number of Topliss-reactive ketones (excluding diaryl/α,β-unsaturated/α-hetero) is 1. The van der Waals surface area contributed by atoms with Crippen molar-refractivity contribution in [1.29, 1.82) is 0 Å². The van der Waals surface area contributed by atoms with Gasteiger partial charge in [-0.1, -0.05) is 12.1 Å². The van der Waals surface area contributed by atoms with Crippen molar-refractivity contribution in [3.63, 3.8) is 0 Å². The van der Waals surface area contributed by atoms with Gasteiger partial charge in [0.2, 0.25) is 0 Å². The second kappa shape index (κ2) is 7.49. The summed E-state index contributed by atoms with van der Waals surface area (Å²) in [5.41, 5.74) is -0.310. The fourth-order valence-corrected chi connectivity index (χ4v) is 2.60. The van der Waals surface area contributed by atoms with Crippen molar-refractivity contribution in [2.45, 2.75) is 18.2 Å². The van der Waals surface area contributed by atoms with E-state index in [9.17, 15) is 23.9 Å². The molecule has 0 radical (unpaired) electrons. The zero-order chi connectivity index (χ0) is 15.1. The molecule has 8 heteroatoms. The number of carbonyl (C=O) groups excluding carboxylic acids is 2. The third-order valence-corrected chi connectivity index (χ3v) is 3.67. The van der Waals surface area contributed by atoms with Crippen molar-refractivity contribution in [2.24, 2.45) is 0 Å². The molecule has 0 aliphatic heterocycles. The highest BCUT2D eigenvalue weighted by atomic mass is 32.2. The molecule has 0 fully saturated rings. The SMILES string of the molecule is CCOC(=O)CC(=O)CS(=O)c1ccccc1[N+](=O)[O-]. The number of nitrogens with zero attached hydrogens (tertiary/aromatic N) is 1. The van der Waals surface area contributed by atoms with Crippen LogP contribution in [0.1, 0.15) is 13.3 Å². The molecule has 0 aliphatic rings. The van der Waals surface area contributed by atoms with Crippen molar-refractivity contribution in [1.82, 2.24) is 0 Å². The second-order valence-electron chi connectivity index (χ2n) is 3.74. The van der Waals surface area contributed by atoms with Crippen molar-refractivity contribution in [3.05, 3.63) is 34.4 Å². The summed E-state index contributed by atoms with van der Waals surface area (Å²) in [4.78, 5) is 32.7. The van der Waals surface area contributed by atoms with Gasteiger partial charge in [-0.05, 0) is 13.0 Å². The molecule has 0 N–H and O–H groups in total. The summed E-state index contributed by atoms with van der Waals surface area (Å²) in [6.07, 6.45) is -0.486. The molecule has 7 nitrogen and oxygen atoms in total. The minimum Gasteiger partial charge on any atom is -0.466 e. The number of benzene rings is 1. The number of esters is 1. The highest BCUT2D eigenvalue weighted by Gasteiger charge is 2.21. The van der Waals surface area contributed by atoms with Gasteiger partial charge in [-0.3, -0.25) is 23.9 Å². The van der Waals surface area contributed by atoms with Crippen LogP contribution in [-0.4, -0.2) is 33.2 Å². The highest BCUT2D eigenvalue weighted by Crippen LogP contribution is 2.21. The van der Waals surface area contributed by atoms with Crippen LogP contribution in [0.2, 0.25) is 0 Å². The minimum atomic E-state index is -1.86. The van der Waals surface area contributed by atoms with Crippen LogP contribution in [0.3, 0.4) is 0 Å². The number of hydrogen-bond acceptors (Lipinski definition) is 6. The lowest BCUT2D eigenvalue weighted by Gasteiger charge is -2.03. The van der Waals surface area contributed by atoms with Crippen molar-refractivity contribution in [3.8, 4) is 0 Å². The van der Waals surface area contributed by atoms with Crippen molar-refractivity contribution in [2.75, 3.05) is 12.4 Å². The molecule has 1 aromatic carbocycles. The molecule has 0 spiro atoms. The van der Waals surface area contributed by atoms with Crippen LogP contribution in [0.25, 0.3) is 0 Å². The number of ether oxygens (including phenoxy) is 1. The number of rotatable bonds is 7. The Hall–Kier alpha value is -2.09. The molecular formula is C12H13NO6S. The third kappa shape index (κ3) is 4.54. The monoisotopic (exact) mass is 299 g/mol. The molecule has 1 aromatic rings. The molecule has 0 saturated heterocycles. The third-order valence-electron chi connectivity index (χ3n) is 2.25. The van der Waals surface area contributed by atoms with Gasteiger partial charge in [-0.25, -0.2) is 0 Å². The number of carbonyl (C=O) groups is 2. The number of nitro groups is 1. The Labute approximate surface area is 117 Å². The van der Waals surface area contributed by atoms with Crippen LogP contribution in [-0.2, 0) is 25.1 Å². The zero-order valence-corrected chi connectivity index (χ0v) is 11.6. The molecule has 20 heavy (non-hydrogen) atoms. The standard InChI is InChI=1S/C12H13NO6S/c1-2-19-12(15)7-9(14)8-20(18)11-6-4-3-5-10(11)13(16)17/h3-6H,2,7-8H2,1H3. The first-order valence-electron chi connectivity index (χ1n) is 5.74. The molecule has 1 unspecified atom stereocenters. The largest absolute Gasteiger partial charge is 0.466 e. The topological polar surface area (TPSA) is 104 Å². The Morgan fingerprint density at radius 3 is 2.60 bits per heavy atom. The molecule has 108 valence electrons. The smallest absolute Gasteiger partial charge is 0.313 e. The second-order valence-corrected chi connectivity index (χ2v) is 5.15. The molecule has 0 saturated carbocycles. The van der Waals surface area contributed by atoms with E-state index in [-0.39, 0.29) is 17.2 Å². The summed E-state index contributed by atoms with van der Waals surface area (Å²) in [6, 6.07) is 5.48. The number of ketones is 1. The van der Waals surface area contributed by atoms with Gasteiger partial charge >= 0.3 is 5.97 Å². The first kappa shape index (κ1) is 16.0. The number of nitro benzene ring substituents is 1. The van der Waals surface area contributed by atoms with Crippen LogP contribution in [0.5, 0.6) is 0 Å². The first-order chi connectivity index (χ1) is 9.45. The Kier molecular flexibility index (Phi) is 5.98. The molecule has 0 bridgehead atoms. The van der Waals surface area contributed by atoms with Crippen LogP contribution in [0, 0.1) is 10.1 Å². The van der Waals surface area contributed by atoms with Crippen LogP contribution in [0.15, 0.2) is 29.2 Å². The quantitative estimate of drug-likeness (QED) is 0.324. The van der Waals surface area contributed by atoms with Crippen LogP contribution < -0.4 is 0 Å². The van der Waals surface area contributed by atoms with E-state index in [0.29, 0.717) is 0 Å². The number of hydrogen-bond donors (Lipinski definition) is 0. The van der Waals surface area contributed by atoms with Gasteiger partial charge in [0.1, 0.15) is 11.3 Å². The Bertz CT molecular complexity index is 557. The van der Waals surface area contributed by atoms with Gasteiger partial charge < -0.3 is 4.74 Å². The lowest BCUT2D eigenvalue weighted by Crippen LogP contribution is -2.17. The van der Waals surface area contributed by atoms with E-state index in [1.807, 2.05) is 0 Å². The van der Waals surface area contributed by atoms with E-state index in [4.69, 9.17) is 0 Å². The van der Waals surface area contributed by atoms with Crippen molar-refractivity contribution < 1.29 is 23.5 Å². The Morgan fingerprint density at radius 1 is 1.35 bits per heavy atom. The van der Waals surface area contributed by atoms with E-state index in [2.05, 4.69) is 4.74 Å². The summed E-state index contributed by atoms with van der Waals surface area (Å²) in [7, 11) is -1.86. The molecule has 1 atom stereocenters. The Balaban J connectivity index is 2.75. The molecular weight excluding hydrogens is 286 g/mol. The molecule has 0 aromatic heterocycles. The zero-order valence-electron chi connectivity index (χ0n) is 10.7. The van der Waals surface area contributed by atoms with E-state index in [1.54, 1.807) is 6.92 Å². The maximum Gasteiger partial charge on any atom is 0.313 e. The molecule has 1 rings (SSSR count). The predicted molar refractivity (Wildman–Crippen MR) is 70.6 cm³/mol. The lowest BCUT2D eigenvalue weighted by molar-refractivity contribution is -0.387. The van der Waals surface area contributed by atoms with Gasteiger partial charge in [-0.2, -0.15) is 0 Å². The summed E-state index contributed by atoms with van der Waals surface area (Å²) in [6.45, 7) is 1.76. The summed E-state index contributed by atoms with van der Waals surface area (Å²) in [5.74, 6) is -1.74. The normalized spacial score (nSPS) is 11.7. The molecule has 0 amide bonds. The van der Waals surface area contributed by atoms with Gasteiger partial charge in [0.25, 0.3) is 5.69 Å². The summed E-state index contributed by atoms with van der Waals surface area (Å²) >= 11 is 0. The lowest BCUT2D eigenvalue weighted by atomic mass is 10.3. The fraction of sp³-hybridized carbons (Fsp3) is 0.333. The van der Waals surface area contributed by atoms with E-state index < -0.39 is 39.6 Å². The van der Waals surface area contributed by atoms with Crippen molar-refractivity contribution >= 4 is 28.2 Å². The van der Waals surface area contributed by atoms with Crippen LogP contribution >= 0.6 is 0 Å². The van der Waals surface area contributed by atoms with Gasteiger partial charge in [-0.15, -0.1) is 0 Å². The van der Waals surface area contributed by atoms with E-state index in [0.717, 1.165) is 0 Å². The minimum absolute atomic E-state index is 0.0327. The Morgan fingerprint density at radius 2 is 2.00 bits per heavy atom. The molecule has 0 heterocycles. The summed E-state index contributed by atoms with van der Waals surface area (Å²) < 4.78 is 16.5. The van der Waals surface area contributed by atoms with Gasteiger partial charge in [0, 0.05) is 6.07 Å². The first-order valence-corrected chi connectivity index (χ1v) is 7.06. The van der Waals surface area contributed by atoms with E-state index >= 15 is 0 Å². The number of para-hydroxylation sites is 1. The predicted octanol–water partition coefficient (Wildman–Crippen LogP) is 1.22. The fourth-order valence-electron chi connectivity index (χ4n) is 1.45. The molecule has 0 aliphatic carbocycles. The van der Waals surface area contributed by atoms with Gasteiger partial charge in [0.05, 0.1) is 28.1 Å². The average molecular weight is 299 g/mol. The maximum absolute atomic E-state index is 12.0. The van der Waals surface area contributed by atoms with Crippen LogP contribution in [0.4, 0.5) is 5.69 Å². The van der Waals surface area contributed by atoms with Gasteiger partial charge in [0.15, 0.2) is 5.78 Å². The maximum atomic E-state index is 12.0.